The lowest BCUT2D eigenvalue weighted by Gasteiger charge is -2.20. The van der Waals surface area contributed by atoms with E-state index < -0.39 is 0 Å². The summed E-state index contributed by atoms with van der Waals surface area (Å²) in [7, 11) is 0. The van der Waals surface area contributed by atoms with E-state index >= 15 is 0 Å². The first-order chi connectivity index (χ1) is 21.7. The zero-order valence-corrected chi connectivity index (χ0v) is 24.6. The summed E-state index contributed by atoms with van der Waals surface area (Å²) < 4.78 is 0. The molecule has 0 aromatic heterocycles. The van der Waals surface area contributed by atoms with Crippen LogP contribution in [-0.2, 0) is 32.1 Å². The lowest BCUT2D eigenvalue weighted by molar-refractivity contribution is 0.468. The van der Waals surface area contributed by atoms with Gasteiger partial charge in [0.15, 0.2) is 0 Å². The number of benzene rings is 6. The first-order valence-electron chi connectivity index (χ1n) is 14.9. The summed E-state index contributed by atoms with van der Waals surface area (Å²) >= 11 is 0. The second kappa shape index (κ2) is 12.5. The molecule has 6 aromatic carbocycles. The van der Waals surface area contributed by atoms with Crippen LogP contribution in [0.5, 0.6) is 34.5 Å². The van der Waals surface area contributed by atoms with E-state index in [1.54, 1.807) is 48.5 Å². The molecule has 226 valence electrons. The SMILES string of the molecule is Oc1ccc(CCc2cc(Cc3ccc(O)cc3)c(O)c3c(Cc4ccc(O)cc4)cc(Cc4ccc(O)cc4)c(O)c23)cc1. The van der Waals surface area contributed by atoms with Crippen molar-refractivity contribution in [2.24, 2.45) is 0 Å². The molecular formula is C39H34O6. The molecule has 0 unspecified atom stereocenters. The largest absolute Gasteiger partial charge is 0.508 e. The Hall–Kier alpha value is -5.62. The van der Waals surface area contributed by atoms with Crippen LogP contribution in [0, 0.1) is 0 Å². The first kappa shape index (κ1) is 29.5. The Morgan fingerprint density at radius 3 is 1.02 bits per heavy atom. The molecule has 0 bridgehead atoms. The minimum atomic E-state index is 0.0896. The van der Waals surface area contributed by atoms with Gasteiger partial charge in [0.1, 0.15) is 34.5 Å². The molecule has 6 rings (SSSR count). The smallest absolute Gasteiger partial charge is 0.127 e. The van der Waals surface area contributed by atoms with E-state index in [0.29, 0.717) is 54.0 Å². The summed E-state index contributed by atoms with van der Waals surface area (Å²) in [4.78, 5) is 0. The number of fused-ring (bicyclic) bond motifs is 1. The minimum absolute atomic E-state index is 0.0896. The highest BCUT2D eigenvalue weighted by atomic mass is 16.3. The highest BCUT2D eigenvalue weighted by molar-refractivity contribution is 6.00. The van der Waals surface area contributed by atoms with Gasteiger partial charge in [0, 0.05) is 23.6 Å². The molecule has 0 aliphatic carbocycles. The number of aryl methyl sites for hydroxylation is 2. The maximum Gasteiger partial charge on any atom is 0.127 e. The maximum absolute atomic E-state index is 11.9. The van der Waals surface area contributed by atoms with Crippen molar-refractivity contribution < 1.29 is 30.6 Å². The molecule has 6 aromatic rings. The Morgan fingerprint density at radius 2 is 0.622 bits per heavy atom. The van der Waals surface area contributed by atoms with Crippen LogP contribution >= 0.6 is 0 Å². The van der Waals surface area contributed by atoms with Crippen molar-refractivity contribution in [2.45, 2.75) is 32.1 Å². The zero-order valence-electron chi connectivity index (χ0n) is 24.6. The van der Waals surface area contributed by atoms with E-state index in [1.165, 1.54) is 0 Å². The van der Waals surface area contributed by atoms with Crippen LogP contribution in [0.15, 0.2) is 109 Å². The zero-order chi connectivity index (χ0) is 31.5. The van der Waals surface area contributed by atoms with Crippen molar-refractivity contribution >= 4 is 10.8 Å². The average Bonchev–Trinajstić information content (AvgIpc) is 3.03. The third kappa shape index (κ3) is 6.65. The molecule has 0 fully saturated rings. The Kier molecular flexibility index (Phi) is 8.21. The van der Waals surface area contributed by atoms with Gasteiger partial charge >= 0.3 is 0 Å². The van der Waals surface area contributed by atoms with Crippen LogP contribution < -0.4 is 0 Å². The summed E-state index contributed by atoms with van der Waals surface area (Å²) in [6, 6.07) is 31.7. The third-order valence-corrected chi connectivity index (χ3v) is 8.28. The summed E-state index contributed by atoms with van der Waals surface area (Å²) in [6.45, 7) is 0. The van der Waals surface area contributed by atoms with Gasteiger partial charge in [-0.1, -0.05) is 60.7 Å². The Morgan fingerprint density at radius 1 is 0.311 bits per heavy atom. The Balaban J connectivity index is 1.54. The van der Waals surface area contributed by atoms with Gasteiger partial charge in [-0.25, -0.2) is 0 Å². The highest BCUT2D eigenvalue weighted by Crippen LogP contribution is 2.44. The molecule has 0 saturated heterocycles. The topological polar surface area (TPSA) is 121 Å². The molecule has 0 aliphatic heterocycles. The molecule has 0 atom stereocenters. The molecule has 0 heterocycles. The quantitative estimate of drug-likeness (QED) is 0.102. The fourth-order valence-electron chi connectivity index (χ4n) is 5.93. The third-order valence-electron chi connectivity index (χ3n) is 8.28. The van der Waals surface area contributed by atoms with E-state index in [9.17, 15) is 30.6 Å². The second-order valence-electron chi connectivity index (χ2n) is 11.5. The number of hydrogen-bond acceptors (Lipinski definition) is 6. The molecule has 6 nitrogen and oxygen atoms in total. The summed E-state index contributed by atoms with van der Waals surface area (Å²) in [5, 5.41) is 64.2. The number of phenols is 6. The molecule has 0 aliphatic rings. The van der Waals surface area contributed by atoms with Gasteiger partial charge in [-0.2, -0.15) is 0 Å². The lowest BCUT2D eigenvalue weighted by atomic mass is 9.86. The monoisotopic (exact) mass is 598 g/mol. The predicted octanol–water partition coefficient (Wildman–Crippen LogP) is 7.63. The summed E-state index contributed by atoms with van der Waals surface area (Å²) in [5.41, 5.74) is 6.89. The van der Waals surface area contributed by atoms with Gasteiger partial charge in [0.05, 0.1) is 0 Å². The predicted molar refractivity (Wildman–Crippen MR) is 176 cm³/mol. The highest BCUT2D eigenvalue weighted by Gasteiger charge is 2.22. The molecular weight excluding hydrogens is 564 g/mol. The average molecular weight is 599 g/mol. The molecule has 0 radical (unpaired) electrons. The van der Waals surface area contributed by atoms with Crippen LogP contribution in [0.4, 0.5) is 0 Å². The van der Waals surface area contributed by atoms with Gasteiger partial charge in [0.25, 0.3) is 0 Å². The molecule has 0 saturated carbocycles. The number of hydrogen-bond donors (Lipinski definition) is 6. The molecule has 0 amide bonds. The van der Waals surface area contributed by atoms with Gasteiger partial charge in [-0.05, 0) is 112 Å². The van der Waals surface area contributed by atoms with Crippen molar-refractivity contribution in [3.05, 3.63) is 154 Å². The first-order valence-corrected chi connectivity index (χ1v) is 14.9. The number of aromatic hydroxyl groups is 6. The fourth-order valence-corrected chi connectivity index (χ4v) is 5.93. The van der Waals surface area contributed by atoms with E-state index in [1.807, 2.05) is 60.7 Å². The van der Waals surface area contributed by atoms with Crippen LogP contribution in [0.3, 0.4) is 0 Å². The molecule has 6 N–H and O–H groups in total. The van der Waals surface area contributed by atoms with Gasteiger partial charge in [-0.3, -0.25) is 0 Å². The van der Waals surface area contributed by atoms with Crippen LogP contribution in [0.25, 0.3) is 10.8 Å². The normalized spacial score (nSPS) is 11.2. The summed E-state index contributed by atoms with van der Waals surface area (Å²) in [5.74, 6) is 0.875. The standard InChI is InChI=1S/C39H34O6/c40-32-11-2-24(3-12-32)1-10-28-22-30(20-26-6-15-34(42)16-7-26)39(45)37-29(19-25-4-13-33(41)14-5-25)23-31(38(44)36(28)37)21-27-8-17-35(43)18-9-27/h2-9,11-18,22-23,40-45H,1,10,19-21H2. The fraction of sp³-hybridized carbons (Fsp3) is 0.128. The van der Waals surface area contributed by atoms with Crippen LogP contribution in [-0.4, -0.2) is 30.6 Å². The van der Waals surface area contributed by atoms with E-state index in [-0.39, 0.29) is 34.5 Å². The van der Waals surface area contributed by atoms with Crippen molar-refractivity contribution in [1.29, 1.82) is 0 Å². The summed E-state index contributed by atoms with van der Waals surface area (Å²) in [6.07, 6.45) is 2.50. The molecule has 0 spiro atoms. The van der Waals surface area contributed by atoms with Crippen LogP contribution in [0.2, 0.25) is 0 Å². The molecule has 6 heteroatoms. The van der Waals surface area contributed by atoms with Crippen molar-refractivity contribution in [2.75, 3.05) is 0 Å². The van der Waals surface area contributed by atoms with E-state index in [4.69, 9.17) is 0 Å². The maximum atomic E-state index is 11.9. The number of rotatable bonds is 9. The molecule has 45 heavy (non-hydrogen) atoms. The second-order valence-corrected chi connectivity index (χ2v) is 11.5. The Bertz CT molecular complexity index is 1940. The van der Waals surface area contributed by atoms with E-state index in [0.717, 1.165) is 33.4 Å². The van der Waals surface area contributed by atoms with Crippen molar-refractivity contribution in [3.8, 4) is 34.5 Å². The van der Waals surface area contributed by atoms with Gasteiger partial charge in [0.2, 0.25) is 0 Å². The lowest BCUT2D eigenvalue weighted by Crippen LogP contribution is -2.02. The number of phenolic OH excluding ortho intramolecular Hbond substituents is 6. The van der Waals surface area contributed by atoms with Crippen molar-refractivity contribution in [1.82, 2.24) is 0 Å². The van der Waals surface area contributed by atoms with E-state index in [2.05, 4.69) is 0 Å². The van der Waals surface area contributed by atoms with Gasteiger partial charge in [-0.15, -0.1) is 0 Å². The van der Waals surface area contributed by atoms with Crippen molar-refractivity contribution in [3.63, 3.8) is 0 Å². The van der Waals surface area contributed by atoms with Crippen LogP contribution in [0.1, 0.15) is 44.5 Å². The Labute approximate surface area is 261 Å². The minimum Gasteiger partial charge on any atom is -0.508 e. The van der Waals surface area contributed by atoms with Gasteiger partial charge < -0.3 is 30.6 Å².